The van der Waals surface area contributed by atoms with E-state index < -0.39 is 0 Å². The van der Waals surface area contributed by atoms with Crippen LogP contribution < -0.4 is 5.32 Å². The van der Waals surface area contributed by atoms with Crippen LogP contribution in [-0.2, 0) is 17.8 Å². The molecule has 1 unspecified atom stereocenters. The zero-order chi connectivity index (χ0) is 17.5. The van der Waals surface area contributed by atoms with Crippen molar-refractivity contribution in [3.05, 3.63) is 65.7 Å². The van der Waals surface area contributed by atoms with Crippen molar-refractivity contribution in [3.63, 3.8) is 0 Å². The maximum Gasteiger partial charge on any atom is 0.227 e. The lowest BCUT2D eigenvalue weighted by Gasteiger charge is -2.31. The zero-order valence-corrected chi connectivity index (χ0v) is 15.6. The first-order chi connectivity index (χ1) is 12.2. The Morgan fingerprint density at radius 2 is 2.08 bits per heavy atom. The van der Waals surface area contributed by atoms with Crippen LogP contribution in [0, 0.1) is 5.82 Å². The highest BCUT2D eigenvalue weighted by Gasteiger charge is 2.25. The first-order valence-corrected chi connectivity index (χ1v) is 8.87. The number of rotatable bonds is 5. The summed E-state index contributed by atoms with van der Waals surface area (Å²) < 4.78 is 13.4. The Morgan fingerprint density at radius 3 is 2.85 bits per heavy atom. The fraction of sp³-hybridized carbons (Fsp3) is 0.400. The molecule has 6 heteroatoms. The molecule has 0 radical (unpaired) electrons. The van der Waals surface area contributed by atoms with Gasteiger partial charge in [0.25, 0.3) is 0 Å². The predicted molar refractivity (Wildman–Crippen MR) is 103 cm³/mol. The molecule has 1 aromatic carbocycles. The topological polar surface area (TPSA) is 45.2 Å². The summed E-state index contributed by atoms with van der Waals surface area (Å²) in [5.74, 6) is -0.275. The molecule has 1 aliphatic rings. The molecule has 0 saturated carbocycles. The maximum absolute atomic E-state index is 13.4. The van der Waals surface area contributed by atoms with E-state index in [0.717, 1.165) is 38.0 Å². The number of nitrogens with one attached hydrogen (secondary N) is 1. The van der Waals surface area contributed by atoms with Crippen LogP contribution in [0.25, 0.3) is 0 Å². The average molecular weight is 378 g/mol. The Labute approximate surface area is 160 Å². The van der Waals surface area contributed by atoms with Gasteiger partial charge in [-0.3, -0.25) is 9.78 Å². The molecule has 1 atom stereocenters. The van der Waals surface area contributed by atoms with E-state index in [9.17, 15) is 9.18 Å². The molecule has 140 valence electrons. The number of carbonyl (C=O) groups is 1. The van der Waals surface area contributed by atoms with E-state index >= 15 is 0 Å². The summed E-state index contributed by atoms with van der Waals surface area (Å²) in [6, 6.07) is 12.2. The van der Waals surface area contributed by atoms with Gasteiger partial charge in [0, 0.05) is 12.2 Å². The lowest BCUT2D eigenvalue weighted by Crippen LogP contribution is -2.41. The normalized spacial score (nSPS) is 17.0. The first kappa shape index (κ1) is 20.3. The third-order valence-corrected chi connectivity index (χ3v) is 4.61. The molecule has 2 aromatic rings. The van der Waals surface area contributed by atoms with Gasteiger partial charge in [-0.25, -0.2) is 4.39 Å². The number of nitrogens with zero attached hydrogens (tertiary/aromatic N) is 2. The fourth-order valence-electron chi connectivity index (χ4n) is 3.32. The van der Waals surface area contributed by atoms with Gasteiger partial charge < -0.3 is 10.2 Å². The monoisotopic (exact) mass is 377 g/mol. The number of aromatic nitrogens is 1. The lowest BCUT2D eigenvalue weighted by atomic mass is 10.0. The van der Waals surface area contributed by atoms with Crippen molar-refractivity contribution in [2.75, 3.05) is 13.1 Å². The molecule has 4 nitrogen and oxygen atoms in total. The lowest BCUT2D eigenvalue weighted by molar-refractivity contribution is -0.133. The van der Waals surface area contributed by atoms with Gasteiger partial charge in [-0.1, -0.05) is 18.2 Å². The van der Waals surface area contributed by atoms with Crippen molar-refractivity contribution < 1.29 is 9.18 Å². The summed E-state index contributed by atoms with van der Waals surface area (Å²) in [6.45, 7) is 2.41. The van der Waals surface area contributed by atoms with Gasteiger partial charge in [0.15, 0.2) is 0 Å². The van der Waals surface area contributed by atoms with Crippen molar-refractivity contribution >= 4 is 18.3 Å². The van der Waals surface area contributed by atoms with Crippen molar-refractivity contribution in [2.45, 2.75) is 38.3 Å². The molecule has 1 fully saturated rings. The highest BCUT2D eigenvalue weighted by atomic mass is 35.5. The Balaban J connectivity index is 0.00000243. The molecule has 1 aliphatic heterocycles. The second kappa shape index (κ2) is 10.2. The first-order valence-electron chi connectivity index (χ1n) is 8.87. The minimum Gasteiger partial charge on any atom is -0.333 e. The molecule has 1 saturated heterocycles. The van der Waals surface area contributed by atoms with Crippen molar-refractivity contribution in [2.24, 2.45) is 0 Å². The minimum atomic E-state index is -0.305. The summed E-state index contributed by atoms with van der Waals surface area (Å²) in [7, 11) is 0. The molecule has 26 heavy (non-hydrogen) atoms. The number of benzene rings is 1. The molecule has 0 spiro atoms. The maximum atomic E-state index is 13.4. The summed E-state index contributed by atoms with van der Waals surface area (Å²) in [6.07, 6.45) is 4.93. The molecule has 2 heterocycles. The van der Waals surface area contributed by atoms with Gasteiger partial charge in [0.1, 0.15) is 5.82 Å². The molecule has 0 aliphatic carbocycles. The van der Waals surface area contributed by atoms with Crippen molar-refractivity contribution in [1.82, 2.24) is 15.2 Å². The summed E-state index contributed by atoms with van der Waals surface area (Å²) in [5, 5.41) is 3.39. The van der Waals surface area contributed by atoms with Crippen molar-refractivity contribution in [3.8, 4) is 0 Å². The van der Waals surface area contributed by atoms with Crippen molar-refractivity contribution in [1.29, 1.82) is 0 Å². The van der Waals surface area contributed by atoms with E-state index in [1.807, 2.05) is 23.1 Å². The fourth-order valence-corrected chi connectivity index (χ4v) is 3.32. The second-order valence-corrected chi connectivity index (χ2v) is 6.48. The van der Waals surface area contributed by atoms with Crippen LogP contribution in [0.15, 0.2) is 48.7 Å². The Kier molecular flexibility index (Phi) is 8.01. The number of carbonyl (C=O) groups excluding carboxylic acids is 1. The number of pyridine rings is 1. The van der Waals surface area contributed by atoms with Gasteiger partial charge in [-0.05, 0) is 62.2 Å². The zero-order valence-electron chi connectivity index (χ0n) is 14.7. The molecule has 1 aromatic heterocycles. The SMILES string of the molecule is Cl.O=C(Cc1cccc(F)c1)N(Cc1ccccn1)C1CCCNCC1. The van der Waals surface area contributed by atoms with E-state index in [4.69, 9.17) is 0 Å². The average Bonchev–Trinajstić information content (AvgIpc) is 2.90. The standard InChI is InChI=1S/C20H24FN3O.ClH/c21-17-6-3-5-16(13-17)14-20(25)24(15-18-7-1-2-11-23-18)19-8-4-10-22-12-9-19;/h1-3,5-7,11,13,19,22H,4,8-10,12,14-15H2;1H. The van der Waals surface area contributed by atoms with E-state index in [1.165, 1.54) is 12.1 Å². The number of hydrogen-bond acceptors (Lipinski definition) is 3. The Bertz CT molecular complexity index is 690. The molecular weight excluding hydrogens is 353 g/mol. The summed E-state index contributed by atoms with van der Waals surface area (Å²) in [5.41, 5.74) is 1.59. The number of halogens is 2. The van der Waals surface area contributed by atoms with Crippen LogP contribution in [0.5, 0.6) is 0 Å². The second-order valence-electron chi connectivity index (χ2n) is 6.48. The Hall–Kier alpha value is -1.98. The molecule has 3 rings (SSSR count). The third-order valence-electron chi connectivity index (χ3n) is 4.61. The molecular formula is C20H25ClFN3O. The molecule has 1 amide bonds. The van der Waals surface area contributed by atoms with Gasteiger partial charge in [-0.15, -0.1) is 12.4 Å². The highest BCUT2D eigenvalue weighted by molar-refractivity contribution is 5.85. The van der Waals surface area contributed by atoms with Gasteiger partial charge in [0.2, 0.25) is 5.91 Å². The Morgan fingerprint density at radius 1 is 1.19 bits per heavy atom. The van der Waals surface area contributed by atoms with Crippen LogP contribution in [-0.4, -0.2) is 34.9 Å². The summed E-state index contributed by atoms with van der Waals surface area (Å²) in [4.78, 5) is 19.3. The third kappa shape index (κ3) is 5.78. The minimum absolute atomic E-state index is 0. The van der Waals surface area contributed by atoms with Crippen LogP contribution in [0.1, 0.15) is 30.5 Å². The van der Waals surface area contributed by atoms with E-state index in [0.29, 0.717) is 12.1 Å². The quantitative estimate of drug-likeness (QED) is 0.869. The smallest absolute Gasteiger partial charge is 0.227 e. The van der Waals surface area contributed by atoms with Crippen LogP contribution >= 0.6 is 12.4 Å². The molecule has 0 bridgehead atoms. The van der Waals surface area contributed by atoms with Gasteiger partial charge in [0.05, 0.1) is 18.7 Å². The van der Waals surface area contributed by atoms with Crippen LogP contribution in [0.3, 0.4) is 0 Å². The van der Waals surface area contributed by atoms with Gasteiger partial charge in [-0.2, -0.15) is 0 Å². The largest absolute Gasteiger partial charge is 0.333 e. The van der Waals surface area contributed by atoms with Crippen LogP contribution in [0.4, 0.5) is 4.39 Å². The molecule has 1 N–H and O–H groups in total. The van der Waals surface area contributed by atoms with E-state index in [2.05, 4.69) is 10.3 Å². The van der Waals surface area contributed by atoms with Crippen LogP contribution in [0.2, 0.25) is 0 Å². The highest BCUT2D eigenvalue weighted by Crippen LogP contribution is 2.18. The predicted octanol–water partition coefficient (Wildman–Crippen LogP) is 3.36. The van der Waals surface area contributed by atoms with E-state index in [1.54, 1.807) is 18.3 Å². The van der Waals surface area contributed by atoms with E-state index in [-0.39, 0.29) is 36.6 Å². The number of hydrogen-bond donors (Lipinski definition) is 1. The van der Waals surface area contributed by atoms with Gasteiger partial charge >= 0.3 is 0 Å². The summed E-state index contributed by atoms with van der Waals surface area (Å²) >= 11 is 0. The number of amides is 1.